The molecule has 280 valence electrons. The van der Waals surface area contributed by atoms with Crippen molar-refractivity contribution >= 4 is 11.9 Å². The van der Waals surface area contributed by atoms with E-state index in [2.05, 4.69) is 34.6 Å². The summed E-state index contributed by atoms with van der Waals surface area (Å²) in [4.78, 5) is 25.2. The number of morpholine rings is 1. The van der Waals surface area contributed by atoms with E-state index in [9.17, 15) is 24.9 Å². The SMILES string of the molecule is CC(=O)OC(C1CC(C)C(C2(C)CCC34CC35CCC(OC3CN(CC(=O)O)CCO3)C(C)(C)C5CCC4C2(C)C(C)O)CO1)C(C)(C)O. The first-order chi connectivity index (χ1) is 22.7. The van der Waals surface area contributed by atoms with Crippen molar-refractivity contribution in [2.75, 3.05) is 32.8 Å². The van der Waals surface area contributed by atoms with Crippen LogP contribution in [0.3, 0.4) is 0 Å². The zero-order valence-corrected chi connectivity index (χ0v) is 31.6. The zero-order valence-electron chi connectivity index (χ0n) is 31.6. The van der Waals surface area contributed by atoms with Crippen molar-refractivity contribution in [1.82, 2.24) is 4.90 Å². The van der Waals surface area contributed by atoms with E-state index < -0.39 is 36.0 Å². The molecule has 4 aliphatic carbocycles. The van der Waals surface area contributed by atoms with Gasteiger partial charge in [0.05, 0.1) is 50.2 Å². The molecule has 2 saturated heterocycles. The summed E-state index contributed by atoms with van der Waals surface area (Å²) >= 11 is 0. The molecule has 0 aromatic heterocycles. The van der Waals surface area contributed by atoms with Gasteiger partial charge in [-0.3, -0.25) is 14.5 Å². The second kappa shape index (κ2) is 12.7. The van der Waals surface area contributed by atoms with E-state index in [-0.39, 0.29) is 57.7 Å². The fourth-order valence-corrected chi connectivity index (χ4v) is 13.2. The van der Waals surface area contributed by atoms with Gasteiger partial charge in [0, 0.05) is 18.9 Å². The van der Waals surface area contributed by atoms with Crippen molar-refractivity contribution in [3.8, 4) is 0 Å². The van der Waals surface area contributed by atoms with Crippen LogP contribution in [0.25, 0.3) is 0 Å². The monoisotopic (exact) mass is 691 g/mol. The summed E-state index contributed by atoms with van der Waals surface area (Å²) in [5.74, 6) is 0.181. The van der Waals surface area contributed by atoms with E-state index in [4.69, 9.17) is 18.9 Å². The quantitative estimate of drug-likeness (QED) is 0.275. The second-order valence-electron chi connectivity index (χ2n) is 18.8. The third-order valence-electron chi connectivity index (χ3n) is 15.8. The number of carboxylic acids is 1. The molecule has 0 radical (unpaired) electrons. The number of ether oxygens (including phenoxy) is 4. The number of hydrogen-bond donors (Lipinski definition) is 3. The molecule has 0 aromatic rings. The maximum absolute atomic E-state index is 12.0. The fourth-order valence-electron chi connectivity index (χ4n) is 13.2. The molecule has 0 bridgehead atoms. The fraction of sp³-hybridized carbons (Fsp3) is 0.949. The lowest BCUT2D eigenvalue weighted by atomic mass is 9.38. The first-order valence-electron chi connectivity index (χ1n) is 19.1. The molecule has 2 heterocycles. The standard InChI is InChI=1S/C39H65NO9/c1-23-18-27(33(35(6,7)45)48-25(3)42)47-21-26(23)36(8)14-15-39-22-38(39)13-12-30(49-32-20-40(16-17-46-32)19-31(43)44)34(4,5)28(38)10-11-29(39)37(36,9)24(2)41/h23-24,26-30,32-33,41,45H,10-22H2,1-9H3,(H,43,44). The third-order valence-corrected chi connectivity index (χ3v) is 15.8. The summed E-state index contributed by atoms with van der Waals surface area (Å²) in [5, 5.41) is 32.1. The Balaban J connectivity index is 1.20. The largest absolute Gasteiger partial charge is 0.480 e. The summed E-state index contributed by atoms with van der Waals surface area (Å²) in [5.41, 5.74) is -1.26. The minimum atomic E-state index is -1.22. The van der Waals surface area contributed by atoms with E-state index in [0.717, 1.165) is 38.5 Å². The Morgan fingerprint density at radius 2 is 1.69 bits per heavy atom. The van der Waals surface area contributed by atoms with Gasteiger partial charge in [0.1, 0.15) is 0 Å². The van der Waals surface area contributed by atoms with Crippen LogP contribution in [0.5, 0.6) is 0 Å². The number of aliphatic hydroxyl groups excluding tert-OH is 1. The third kappa shape index (κ3) is 5.91. The number of esters is 1. The molecule has 3 N–H and O–H groups in total. The average Bonchev–Trinajstić information content (AvgIpc) is 3.66. The van der Waals surface area contributed by atoms with Crippen LogP contribution in [0.1, 0.15) is 114 Å². The van der Waals surface area contributed by atoms with E-state index in [1.807, 2.05) is 11.8 Å². The second-order valence-corrected chi connectivity index (χ2v) is 18.8. The van der Waals surface area contributed by atoms with E-state index >= 15 is 0 Å². The van der Waals surface area contributed by atoms with Crippen LogP contribution >= 0.6 is 0 Å². The lowest BCUT2D eigenvalue weighted by Gasteiger charge is -2.67. The van der Waals surface area contributed by atoms with Crippen molar-refractivity contribution < 1.29 is 43.9 Å². The highest BCUT2D eigenvalue weighted by atomic mass is 16.7. The molecule has 13 unspecified atom stereocenters. The zero-order chi connectivity index (χ0) is 35.9. The molecule has 2 aliphatic heterocycles. The van der Waals surface area contributed by atoms with Crippen molar-refractivity contribution in [3.05, 3.63) is 0 Å². The molecular weight excluding hydrogens is 626 g/mol. The van der Waals surface area contributed by atoms with Crippen molar-refractivity contribution in [2.24, 2.45) is 50.7 Å². The molecule has 0 aromatic carbocycles. The summed E-state index contributed by atoms with van der Waals surface area (Å²) in [6.45, 7) is 20.7. The van der Waals surface area contributed by atoms with Crippen LogP contribution in [0.2, 0.25) is 0 Å². The van der Waals surface area contributed by atoms with Gasteiger partial charge in [-0.1, -0.05) is 34.6 Å². The van der Waals surface area contributed by atoms with Crippen molar-refractivity contribution in [3.63, 3.8) is 0 Å². The Morgan fingerprint density at radius 1 is 1.02 bits per heavy atom. The maximum Gasteiger partial charge on any atom is 0.317 e. The molecular formula is C39H65NO9. The summed E-state index contributed by atoms with van der Waals surface area (Å²) in [6, 6.07) is 0. The molecule has 2 spiro atoms. The van der Waals surface area contributed by atoms with Gasteiger partial charge in [0.25, 0.3) is 0 Å². The maximum atomic E-state index is 12.0. The van der Waals surface area contributed by atoms with Gasteiger partial charge in [-0.15, -0.1) is 0 Å². The number of nitrogens with zero attached hydrogens (tertiary/aromatic N) is 1. The van der Waals surface area contributed by atoms with E-state index in [1.54, 1.807) is 13.8 Å². The lowest BCUT2D eigenvalue weighted by molar-refractivity contribution is -0.258. The van der Waals surface area contributed by atoms with Gasteiger partial charge >= 0.3 is 11.9 Å². The Kier molecular flexibility index (Phi) is 9.69. The molecule has 4 saturated carbocycles. The highest BCUT2D eigenvalue weighted by molar-refractivity contribution is 5.69. The lowest BCUT2D eigenvalue weighted by Crippen LogP contribution is -2.65. The Hall–Kier alpha value is -1.30. The Bertz CT molecular complexity index is 1270. The van der Waals surface area contributed by atoms with Crippen LogP contribution < -0.4 is 0 Å². The molecule has 6 fully saturated rings. The Labute approximate surface area is 293 Å². The number of carbonyl (C=O) groups is 2. The van der Waals surface area contributed by atoms with Crippen LogP contribution in [-0.4, -0.2) is 101 Å². The van der Waals surface area contributed by atoms with Crippen molar-refractivity contribution in [2.45, 2.75) is 150 Å². The number of carboxylic acid groups (broad SMARTS) is 1. The molecule has 6 aliphatic rings. The minimum absolute atomic E-state index is 0.00979. The van der Waals surface area contributed by atoms with E-state index in [0.29, 0.717) is 44.6 Å². The first-order valence-corrected chi connectivity index (χ1v) is 19.1. The summed E-state index contributed by atoms with van der Waals surface area (Å²) in [7, 11) is 0. The predicted molar refractivity (Wildman–Crippen MR) is 183 cm³/mol. The molecule has 6 rings (SSSR count). The number of carbonyl (C=O) groups excluding carboxylic acids is 1. The number of rotatable bonds is 9. The number of aliphatic hydroxyl groups is 2. The Morgan fingerprint density at radius 3 is 2.31 bits per heavy atom. The van der Waals surface area contributed by atoms with Crippen LogP contribution in [0.4, 0.5) is 0 Å². The van der Waals surface area contributed by atoms with Gasteiger partial charge in [0.15, 0.2) is 12.4 Å². The first kappa shape index (κ1) is 37.5. The van der Waals surface area contributed by atoms with Gasteiger partial charge in [-0.25, -0.2) is 0 Å². The van der Waals surface area contributed by atoms with Crippen LogP contribution in [0, 0.1) is 50.7 Å². The van der Waals surface area contributed by atoms with Crippen LogP contribution in [0.15, 0.2) is 0 Å². The highest BCUT2D eigenvalue weighted by Crippen LogP contribution is 2.88. The van der Waals surface area contributed by atoms with Crippen LogP contribution in [-0.2, 0) is 28.5 Å². The molecule has 49 heavy (non-hydrogen) atoms. The number of hydrogen-bond acceptors (Lipinski definition) is 9. The predicted octanol–water partition coefficient (Wildman–Crippen LogP) is 5.27. The molecule has 10 nitrogen and oxygen atoms in total. The highest BCUT2D eigenvalue weighted by Gasteiger charge is 2.82. The molecule has 0 amide bonds. The summed E-state index contributed by atoms with van der Waals surface area (Å²) in [6.07, 6.45) is 6.46. The molecule has 10 heteroatoms. The molecule has 13 atom stereocenters. The minimum Gasteiger partial charge on any atom is -0.480 e. The van der Waals surface area contributed by atoms with Gasteiger partial charge in [-0.2, -0.15) is 0 Å². The number of aliphatic carboxylic acids is 1. The van der Waals surface area contributed by atoms with Crippen molar-refractivity contribution in [1.29, 1.82) is 0 Å². The van der Waals surface area contributed by atoms with Gasteiger partial charge < -0.3 is 34.3 Å². The topological polar surface area (TPSA) is 135 Å². The summed E-state index contributed by atoms with van der Waals surface area (Å²) < 4.78 is 24.9. The van der Waals surface area contributed by atoms with Gasteiger partial charge in [0.2, 0.25) is 0 Å². The smallest absolute Gasteiger partial charge is 0.317 e. The van der Waals surface area contributed by atoms with Gasteiger partial charge in [-0.05, 0) is 117 Å². The average molecular weight is 692 g/mol. The van der Waals surface area contributed by atoms with E-state index in [1.165, 1.54) is 13.3 Å². The normalized spacial score (nSPS) is 46.4.